The minimum absolute atomic E-state index is 0.273. The van der Waals surface area contributed by atoms with Crippen molar-refractivity contribution in [1.29, 1.82) is 0 Å². The molecule has 35 heavy (non-hydrogen) atoms. The lowest BCUT2D eigenvalue weighted by atomic mass is 10.0. The quantitative estimate of drug-likeness (QED) is 0.0799. The molecule has 1 N–H and O–H groups in total. The Bertz CT molecular complexity index is 812. The average Bonchev–Trinajstić information content (AvgIpc) is 2.82. The number of nitro groups is 1. The van der Waals surface area contributed by atoms with E-state index in [0.29, 0.717) is 6.42 Å². The molecule has 0 atom stereocenters. The van der Waals surface area contributed by atoms with E-state index in [2.05, 4.69) is 25.7 Å². The van der Waals surface area contributed by atoms with Crippen LogP contribution in [0.2, 0.25) is 0 Å². The molecular weight excluding hydrogens is 462 g/mol. The molecule has 0 bridgehead atoms. The fraction of sp³-hybridized carbons (Fsp3) is 0.778. The molecule has 0 aliphatic heterocycles. The molecule has 7 nitrogen and oxygen atoms in total. The molecule has 0 aliphatic rings. The SMILES string of the molecule is CCCCCCCCCCCCCCCC[N+](C)(C)CCCNS(=O)(=O)c1ccccc1[N+](=O)[O-]. The van der Waals surface area contributed by atoms with E-state index in [0.717, 1.165) is 17.6 Å². The molecule has 0 saturated carbocycles. The summed E-state index contributed by atoms with van der Waals surface area (Å²) in [5.74, 6) is 0. The molecule has 1 rings (SSSR count). The number of sulfonamides is 1. The van der Waals surface area contributed by atoms with Gasteiger partial charge in [0.05, 0.1) is 32.1 Å². The summed E-state index contributed by atoms with van der Waals surface area (Å²) in [6.07, 6.45) is 19.6. The van der Waals surface area contributed by atoms with Crippen molar-refractivity contribution in [2.75, 3.05) is 33.7 Å². The summed E-state index contributed by atoms with van der Waals surface area (Å²) in [7, 11) is 0.464. The maximum absolute atomic E-state index is 12.5. The van der Waals surface area contributed by atoms with E-state index in [-0.39, 0.29) is 11.4 Å². The van der Waals surface area contributed by atoms with Crippen molar-refractivity contribution in [1.82, 2.24) is 4.72 Å². The highest BCUT2D eigenvalue weighted by molar-refractivity contribution is 7.89. The third-order valence-corrected chi connectivity index (χ3v) is 8.21. The van der Waals surface area contributed by atoms with Gasteiger partial charge >= 0.3 is 0 Å². The van der Waals surface area contributed by atoms with Gasteiger partial charge in [0.2, 0.25) is 10.0 Å². The number of unbranched alkanes of at least 4 members (excludes halogenated alkanes) is 13. The number of benzene rings is 1. The maximum atomic E-state index is 12.5. The summed E-state index contributed by atoms with van der Waals surface area (Å²) < 4.78 is 28.3. The van der Waals surface area contributed by atoms with Crippen LogP contribution in [0, 0.1) is 10.1 Å². The number of rotatable bonds is 22. The number of nitrogens with zero attached hydrogens (tertiary/aromatic N) is 2. The first kappa shape index (κ1) is 31.5. The van der Waals surface area contributed by atoms with Gasteiger partial charge in [-0.2, -0.15) is 0 Å². The second-order valence-corrected chi connectivity index (χ2v) is 12.2. The molecule has 0 amide bonds. The molecule has 0 saturated heterocycles. The Morgan fingerprint density at radius 3 is 1.74 bits per heavy atom. The van der Waals surface area contributed by atoms with E-state index in [1.807, 2.05) is 0 Å². The van der Waals surface area contributed by atoms with Gasteiger partial charge in [0.15, 0.2) is 4.90 Å². The number of para-hydroxylation sites is 1. The summed E-state index contributed by atoms with van der Waals surface area (Å²) in [4.78, 5) is 10.2. The summed E-state index contributed by atoms with van der Waals surface area (Å²) >= 11 is 0. The molecule has 8 heteroatoms. The minimum Gasteiger partial charge on any atom is -0.328 e. The van der Waals surface area contributed by atoms with Crippen LogP contribution < -0.4 is 4.72 Å². The van der Waals surface area contributed by atoms with Crippen LogP contribution >= 0.6 is 0 Å². The van der Waals surface area contributed by atoms with Crippen LogP contribution in [0.4, 0.5) is 5.69 Å². The van der Waals surface area contributed by atoms with Crippen molar-refractivity contribution in [2.24, 2.45) is 0 Å². The topological polar surface area (TPSA) is 89.3 Å². The summed E-state index contributed by atoms with van der Waals surface area (Å²) in [5.41, 5.74) is -0.395. The van der Waals surface area contributed by atoms with E-state index < -0.39 is 20.6 Å². The average molecular weight is 513 g/mol. The van der Waals surface area contributed by atoms with Crippen LogP contribution in [0.5, 0.6) is 0 Å². The fourth-order valence-electron chi connectivity index (χ4n) is 4.47. The summed E-state index contributed by atoms with van der Waals surface area (Å²) in [6.45, 7) is 4.48. The number of quaternary nitrogens is 1. The Labute approximate surface area is 214 Å². The minimum atomic E-state index is -3.89. The zero-order valence-electron chi connectivity index (χ0n) is 22.5. The largest absolute Gasteiger partial charge is 0.328 e. The molecule has 0 spiro atoms. The predicted octanol–water partition coefficient (Wildman–Crippen LogP) is 6.82. The van der Waals surface area contributed by atoms with Crippen molar-refractivity contribution in [3.8, 4) is 0 Å². The molecule has 0 heterocycles. The van der Waals surface area contributed by atoms with Crippen molar-refractivity contribution >= 4 is 15.7 Å². The third-order valence-electron chi connectivity index (χ3n) is 6.70. The smallest absolute Gasteiger partial charge is 0.289 e. The van der Waals surface area contributed by atoms with Gasteiger partial charge in [-0.05, 0) is 18.9 Å². The van der Waals surface area contributed by atoms with Crippen LogP contribution in [0.3, 0.4) is 0 Å². The highest BCUT2D eigenvalue weighted by atomic mass is 32.2. The third kappa shape index (κ3) is 14.6. The summed E-state index contributed by atoms with van der Waals surface area (Å²) in [5, 5.41) is 11.1. The molecule has 1 aromatic carbocycles. The second kappa shape index (κ2) is 17.8. The van der Waals surface area contributed by atoms with Crippen molar-refractivity contribution in [2.45, 2.75) is 108 Å². The number of hydrogen-bond donors (Lipinski definition) is 1. The Kier molecular flexibility index (Phi) is 16.1. The van der Waals surface area contributed by atoms with Gasteiger partial charge in [-0.1, -0.05) is 96.1 Å². The fourth-order valence-corrected chi connectivity index (χ4v) is 5.72. The van der Waals surface area contributed by atoms with Crippen LogP contribution in [0.1, 0.15) is 103 Å². The van der Waals surface area contributed by atoms with E-state index in [1.54, 1.807) is 0 Å². The first-order valence-corrected chi connectivity index (χ1v) is 15.2. The van der Waals surface area contributed by atoms with Crippen molar-refractivity contribution in [3.63, 3.8) is 0 Å². The Hall–Kier alpha value is -1.51. The molecule has 0 unspecified atom stereocenters. The maximum Gasteiger partial charge on any atom is 0.289 e. The van der Waals surface area contributed by atoms with Gasteiger partial charge in [0, 0.05) is 19.0 Å². The zero-order valence-corrected chi connectivity index (χ0v) is 23.3. The van der Waals surface area contributed by atoms with Crippen LogP contribution in [-0.4, -0.2) is 51.6 Å². The van der Waals surface area contributed by atoms with E-state index in [4.69, 9.17) is 0 Å². The lowest BCUT2D eigenvalue weighted by molar-refractivity contribution is -0.890. The first-order valence-electron chi connectivity index (χ1n) is 13.7. The van der Waals surface area contributed by atoms with Crippen molar-refractivity contribution < 1.29 is 17.8 Å². The number of nitrogens with one attached hydrogen (secondary N) is 1. The lowest BCUT2D eigenvalue weighted by Crippen LogP contribution is -2.42. The van der Waals surface area contributed by atoms with Crippen molar-refractivity contribution in [3.05, 3.63) is 34.4 Å². The number of hydrogen-bond acceptors (Lipinski definition) is 4. The van der Waals surface area contributed by atoms with Gasteiger partial charge in [-0.3, -0.25) is 10.1 Å². The molecule has 0 fully saturated rings. The molecule has 1 aromatic rings. The Morgan fingerprint density at radius 2 is 1.23 bits per heavy atom. The lowest BCUT2D eigenvalue weighted by Gasteiger charge is -2.30. The normalized spacial score (nSPS) is 12.2. The number of nitro benzene ring substituents is 1. The van der Waals surface area contributed by atoms with E-state index in [1.165, 1.54) is 114 Å². The molecule has 202 valence electrons. The highest BCUT2D eigenvalue weighted by Gasteiger charge is 2.25. The first-order chi connectivity index (χ1) is 16.7. The van der Waals surface area contributed by atoms with Crippen LogP contribution in [0.25, 0.3) is 0 Å². The molecule has 0 aliphatic carbocycles. The monoisotopic (exact) mass is 512 g/mol. The van der Waals surface area contributed by atoms with Gasteiger partial charge in [0.1, 0.15) is 0 Å². The molecule has 0 radical (unpaired) electrons. The standard InChI is InChI=1S/C27H50N3O4S/c1-4-5-6-7-8-9-10-11-12-13-14-15-16-19-24-30(2,3)25-20-23-28-35(33,34)27-22-18-17-21-26(27)29(31)32/h17-18,21-22,28H,4-16,19-20,23-25H2,1-3H3/q+1. The van der Waals surface area contributed by atoms with Gasteiger partial charge < -0.3 is 4.48 Å². The van der Waals surface area contributed by atoms with E-state index >= 15 is 0 Å². The predicted molar refractivity (Wildman–Crippen MR) is 145 cm³/mol. The van der Waals surface area contributed by atoms with Crippen LogP contribution in [0.15, 0.2) is 29.2 Å². The second-order valence-electron chi connectivity index (χ2n) is 10.5. The Morgan fingerprint density at radius 1 is 0.771 bits per heavy atom. The molecular formula is C27H50N3O4S+. The van der Waals surface area contributed by atoms with Gasteiger partial charge in [-0.25, -0.2) is 13.1 Å². The van der Waals surface area contributed by atoms with Gasteiger partial charge in [-0.15, -0.1) is 0 Å². The molecule has 0 aromatic heterocycles. The highest BCUT2D eigenvalue weighted by Crippen LogP contribution is 2.22. The van der Waals surface area contributed by atoms with E-state index in [9.17, 15) is 18.5 Å². The van der Waals surface area contributed by atoms with Crippen LogP contribution in [-0.2, 0) is 10.0 Å². The Balaban J connectivity index is 2.09. The van der Waals surface area contributed by atoms with Gasteiger partial charge in [0.25, 0.3) is 5.69 Å². The summed E-state index contributed by atoms with van der Waals surface area (Å²) in [6, 6.07) is 5.45. The zero-order chi connectivity index (χ0) is 26.0.